The number of carbonyl (C=O) groups excluding carboxylic acids is 2. The first kappa shape index (κ1) is 29.9. The number of carbonyl (C=O) groups is 2. The molecule has 8 heteroatoms. The number of halogens is 1. The summed E-state index contributed by atoms with van der Waals surface area (Å²) in [6.07, 6.45) is 4.61. The molecule has 1 aliphatic heterocycles. The van der Waals surface area contributed by atoms with Crippen LogP contribution in [0.5, 0.6) is 0 Å². The molecule has 1 heterocycles. The summed E-state index contributed by atoms with van der Waals surface area (Å²) in [5.41, 5.74) is 0.518. The molecule has 6 rings (SSSR count). The van der Waals surface area contributed by atoms with Crippen LogP contribution in [-0.2, 0) is 0 Å². The van der Waals surface area contributed by atoms with E-state index in [1.165, 1.54) is 32.9 Å². The molecule has 0 aromatic heterocycles. The van der Waals surface area contributed by atoms with Crippen LogP contribution < -0.4 is 15.9 Å². The summed E-state index contributed by atoms with van der Waals surface area (Å²) in [7, 11) is -2.29. The number of hydrogen-bond donors (Lipinski definition) is 0. The zero-order chi connectivity index (χ0) is 30.7. The van der Waals surface area contributed by atoms with Crippen molar-refractivity contribution in [3.8, 4) is 0 Å². The summed E-state index contributed by atoms with van der Waals surface area (Å²) in [6.45, 7) is 0.310. The van der Waals surface area contributed by atoms with Gasteiger partial charge in [0, 0.05) is 0 Å². The number of nitrogens with zero attached hydrogens (tertiary/aromatic N) is 2. The van der Waals surface area contributed by atoms with Crippen LogP contribution in [0.3, 0.4) is 0 Å². The molecule has 0 N–H and O–H groups in total. The van der Waals surface area contributed by atoms with E-state index in [2.05, 4.69) is 107 Å². The molecule has 0 bridgehead atoms. The van der Waals surface area contributed by atoms with Crippen LogP contribution in [0.4, 0.5) is 5.69 Å². The maximum atomic E-state index is 13.5. The Hall–Kier alpha value is -4.19. The molecular formula is C36H32BrN2O4P. The molecule has 0 saturated heterocycles. The molecule has 5 aromatic carbocycles. The van der Waals surface area contributed by atoms with Crippen LogP contribution in [0.25, 0.3) is 10.8 Å². The summed E-state index contributed by atoms with van der Waals surface area (Å²) in [6, 6.07) is 38.7. The van der Waals surface area contributed by atoms with Gasteiger partial charge in [-0.05, 0) is 15.9 Å². The van der Waals surface area contributed by atoms with Gasteiger partial charge in [0.25, 0.3) is 0 Å². The van der Waals surface area contributed by atoms with Crippen molar-refractivity contribution in [2.75, 3.05) is 12.7 Å². The molecule has 0 saturated carbocycles. The second-order valence-electron chi connectivity index (χ2n) is 11.2. The van der Waals surface area contributed by atoms with E-state index in [0.29, 0.717) is 34.0 Å². The number of unbranched alkanes of at least 4 members (excludes halogenated alkanes) is 3. The van der Waals surface area contributed by atoms with Crippen LogP contribution in [0, 0.1) is 10.1 Å². The van der Waals surface area contributed by atoms with E-state index in [0.717, 1.165) is 25.4 Å². The van der Waals surface area contributed by atoms with Crippen molar-refractivity contribution in [3.63, 3.8) is 0 Å². The number of nitro benzene ring substituents is 1. The quantitative estimate of drug-likeness (QED) is 0.0484. The first-order valence-corrected chi connectivity index (χ1v) is 17.9. The Labute approximate surface area is 265 Å². The summed E-state index contributed by atoms with van der Waals surface area (Å²) in [5.74, 6) is -0.798. The molecule has 222 valence electrons. The molecule has 0 radical (unpaired) electrons. The van der Waals surface area contributed by atoms with Crippen molar-refractivity contribution in [3.05, 3.63) is 141 Å². The van der Waals surface area contributed by atoms with Crippen molar-refractivity contribution in [2.24, 2.45) is 0 Å². The maximum absolute atomic E-state index is 13.5. The molecule has 0 fully saturated rings. The third-order valence-electron chi connectivity index (χ3n) is 8.72. The normalized spacial score (nSPS) is 13.3. The molecule has 0 atom stereocenters. The van der Waals surface area contributed by atoms with Crippen molar-refractivity contribution in [2.45, 2.75) is 25.7 Å². The van der Waals surface area contributed by atoms with Gasteiger partial charge in [0.05, 0.1) is 4.92 Å². The van der Waals surface area contributed by atoms with Crippen LogP contribution in [-0.4, -0.2) is 34.3 Å². The van der Waals surface area contributed by atoms with Gasteiger partial charge >= 0.3 is 235 Å². The number of amides is 2. The molecule has 44 heavy (non-hydrogen) atoms. The van der Waals surface area contributed by atoms with Crippen molar-refractivity contribution >= 4 is 67.4 Å². The minimum atomic E-state index is -2.29. The molecular weight excluding hydrogens is 635 g/mol. The minimum absolute atomic E-state index is 0.132. The van der Waals surface area contributed by atoms with E-state index in [9.17, 15) is 19.7 Å². The second-order valence-corrected chi connectivity index (χ2v) is 16.1. The van der Waals surface area contributed by atoms with Gasteiger partial charge in [-0.15, -0.1) is 0 Å². The van der Waals surface area contributed by atoms with Crippen LogP contribution in [0.2, 0.25) is 0 Å². The third-order valence-corrected chi connectivity index (χ3v) is 14.4. The molecule has 0 aliphatic carbocycles. The fourth-order valence-corrected chi connectivity index (χ4v) is 12.1. The van der Waals surface area contributed by atoms with Gasteiger partial charge in [0.15, 0.2) is 0 Å². The fraction of sp³-hybridized carbons (Fsp3) is 0.167. The van der Waals surface area contributed by atoms with Crippen molar-refractivity contribution < 1.29 is 14.5 Å². The predicted octanol–water partition coefficient (Wildman–Crippen LogP) is 7.39. The predicted molar refractivity (Wildman–Crippen MR) is 184 cm³/mol. The third kappa shape index (κ3) is 5.36. The van der Waals surface area contributed by atoms with Crippen molar-refractivity contribution in [1.82, 2.24) is 4.90 Å². The average molecular weight is 668 g/mol. The zero-order valence-corrected chi connectivity index (χ0v) is 26.7. The monoisotopic (exact) mass is 666 g/mol. The Balaban J connectivity index is 1.18. The molecule has 6 nitrogen and oxygen atoms in total. The van der Waals surface area contributed by atoms with Gasteiger partial charge < -0.3 is 0 Å². The number of non-ortho nitro benzene ring substituents is 1. The van der Waals surface area contributed by atoms with Crippen molar-refractivity contribution in [1.29, 1.82) is 0 Å². The van der Waals surface area contributed by atoms with Gasteiger partial charge in [-0.25, -0.2) is 0 Å². The Morgan fingerprint density at radius 1 is 0.614 bits per heavy atom. The second kappa shape index (κ2) is 12.8. The van der Waals surface area contributed by atoms with Gasteiger partial charge in [-0.2, -0.15) is 0 Å². The Kier molecular flexibility index (Phi) is 8.69. The van der Waals surface area contributed by atoms with E-state index >= 15 is 0 Å². The van der Waals surface area contributed by atoms with Gasteiger partial charge in [0.2, 0.25) is 0 Å². The molecule has 5 aromatic rings. The van der Waals surface area contributed by atoms with Crippen LogP contribution >= 0.6 is 23.2 Å². The van der Waals surface area contributed by atoms with E-state index in [1.807, 2.05) is 0 Å². The number of nitro groups is 1. The molecule has 2 amide bonds. The van der Waals surface area contributed by atoms with E-state index in [4.69, 9.17) is 0 Å². The average Bonchev–Trinajstić information content (AvgIpc) is 3.06. The Morgan fingerprint density at radius 2 is 1.09 bits per heavy atom. The van der Waals surface area contributed by atoms with E-state index in [1.54, 1.807) is 12.1 Å². The number of benzene rings is 5. The molecule has 0 unspecified atom stereocenters. The summed E-state index contributed by atoms with van der Waals surface area (Å²) < 4.78 is 0.486. The number of rotatable bonds is 11. The Morgan fingerprint density at radius 3 is 1.59 bits per heavy atom. The molecule has 1 aliphatic rings. The standard InChI is InChI=1S/C36H32BrN2O4P/c37-31-22-20-29-33-30(21-23-32(34(31)33)39(42)43)36(41)38(35(29)40)24-12-1-2-13-25-44(26-14-6-3-7-15-26,27-16-8-4-9-17-27)28-18-10-5-11-19-28/h3-11,14-23,44H,1-2,12-13,24-25H2. The number of imide groups is 1. The summed E-state index contributed by atoms with van der Waals surface area (Å²) in [5, 5.41) is 16.5. The SMILES string of the molecule is O=C1c2ccc(Br)c3c([N+](=O)[O-])ccc(c23)C(=O)N1CCCCCC[PH](c1ccccc1)(c1ccccc1)c1ccccc1. The summed E-state index contributed by atoms with van der Waals surface area (Å²) in [4.78, 5) is 39.4. The number of hydrogen-bond acceptors (Lipinski definition) is 4. The topological polar surface area (TPSA) is 80.5 Å². The van der Waals surface area contributed by atoms with Gasteiger partial charge in [-0.1, -0.05) is 0 Å². The van der Waals surface area contributed by atoms with E-state index in [-0.39, 0.29) is 11.1 Å². The Bertz CT molecular complexity index is 1730. The fourth-order valence-electron chi connectivity index (χ4n) is 6.65. The van der Waals surface area contributed by atoms with Crippen LogP contribution in [0.1, 0.15) is 46.4 Å². The first-order chi connectivity index (χ1) is 21.4. The molecule has 0 spiro atoms. The zero-order valence-electron chi connectivity index (χ0n) is 24.1. The first-order valence-electron chi connectivity index (χ1n) is 14.9. The van der Waals surface area contributed by atoms with Gasteiger partial charge in [0.1, 0.15) is 0 Å². The summed E-state index contributed by atoms with van der Waals surface area (Å²) >= 11 is 3.38. The van der Waals surface area contributed by atoms with Crippen LogP contribution in [0.15, 0.2) is 120 Å². The van der Waals surface area contributed by atoms with E-state index < -0.39 is 24.0 Å². The van der Waals surface area contributed by atoms with Gasteiger partial charge in [-0.3, -0.25) is 10.1 Å².